The fourth-order valence-corrected chi connectivity index (χ4v) is 5.64. The largest absolute Gasteiger partial charge is 0.481 e. The van der Waals surface area contributed by atoms with Gasteiger partial charge in [0, 0.05) is 24.7 Å². The smallest absolute Gasteiger partial charge is 0.307 e. The molecular formula is C19H22NO8PS. The summed E-state index contributed by atoms with van der Waals surface area (Å²) >= 11 is 0. The lowest BCUT2D eigenvalue weighted by molar-refractivity contribution is -0.142. The molecule has 1 aliphatic rings. The van der Waals surface area contributed by atoms with E-state index in [0.717, 1.165) is 0 Å². The molecule has 30 heavy (non-hydrogen) atoms. The van der Waals surface area contributed by atoms with E-state index in [1.807, 2.05) is 0 Å². The van der Waals surface area contributed by atoms with Gasteiger partial charge in [-0.1, -0.05) is 36.4 Å². The Balaban J connectivity index is 2.37. The number of benzene rings is 1. The zero-order valence-corrected chi connectivity index (χ0v) is 17.6. The van der Waals surface area contributed by atoms with Gasteiger partial charge in [-0.3, -0.25) is 14.2 Å². The Kier molecular flexibility index (Phi) is 8.16. The minimum Gasteiger partial charge on any atom is -0.481 e. The van der Waals surface area contributed by atoms with Crippen LogP contribution in [0.4, 0.5) is 0 Å². The van der Waals surface area contributed by atoms with Crippen molar-refractivity contribution >= 4 is 34.5 Å². The van der Waals surface area contributed by atoms with Crippen LogP contribution in [0, 0.1) is 5.92 Å². The maximum Gasteiger partial charge on any atom is 0.307 e. The molecule has 162 valence electrons. The zero-order valence-electron chi connectivity index (χ0n) is 15.8. The molecule has 0 radical (unpaired) electrons. The number of carboxylic acid groups (broad SMARTS) is 2. The third-order valence-corrected chi connectivity index (χ3v) is 7.42. The minimum absolute atomic E-state index is 0.101. The Morgan fingerprint density at radius 3 is 2.40 bits per heavy atom. The number of allylic oxidation sites excluding steroid dienone is 3. The summed E-state index contributed by atoms with van der Waals surface area (Å²) in [5.74, 6) is -5.08. The van der Waals surface area contributed by atoms with Gasteiger partial charge in [0.2, 0.25) is 17.7 Å². The maximum absolute atomic E-state index is 13.3. The summed E-state index contributed by atoms with van der Waals surface area (Å²) < 4.78 is 35.7. The molecule has 0 bridgehead atoms. The highest BCUT2D eigenvalue weighted by molar-refractivity contribution is 7.73. The summed E-state index contributed by atoms with van der Waals surface area (Å²) in [6, 6.07) is 8.20. The predicted octanol–water partition coefficient (Wildman–Crippen LogP) is 2.01. The van der Waals surface area contributed by atoms with Gasteiger partial charge in [0.05, 0.1) is 10.8 Å². The Labute approximate surface area is 174 Å². The molecule has 0 saturated heterocycles. The lowest BCUT2D eigenvalue weighted by Gasteiger charge is -2.28. The van der Waals surface area contributed by atoms with Crippen LogP contribution >= 0.6 is 7.37 Å². The van der Waals surface area contributed by atoms with E-state index in [2.05, 4.69) is 5.32 Å². The van der Waals surface area contributed by atoms with E-state index in [4.69, 9.17) is 5.11 Å². The molecule has 0 spiro atoms. The van der Waals surface area contributed by atoms with Gasteiger partial charge in [-0.2, -0.15) is 8.42 Å². The van der Waals surface area contributed by atoms with Crippen molar-refractivity contribution in [3.05, 3.63) is 59.8 Å². The summed E-state index contributed by atoms with van der Waals surface area (Å²) in [5, 5.41) is 21.1. The molecule has 3 unspecified atom stereocenters. The van der Waals surface area contributed by atoms with E-state index in [0.29, 0.717) is 11.3 Å². The monoisotopic (exact) mass is 455 g/mol. The number of aliphatic carboxylic acids is 2. The molecule has 3 atom stereocenters. The highest BCUT2D eigenvalue weighted by Gasteiger charge is 2.37. The molecule has 2 rings (SSSR count). The molecule has 1 aliphatic carbocycles. The van der Waals surface area contributed by atoms with Gasteiger partial charge in [-0.15, -0.1) is 0 Å². The SMILES string of the molecule is O=C(O)CCC(CP(=O)(O)C(NC1=CC(=S(=O)=O)CC=C1)c1ccccc1)C(=O)O. The summed E-state index contributed by atoms with van der Waals surface area (Å²) in [6.07, 6.45) is 3.34. The van der Waals surface area contributed by atoms with E-state index < -0.39 is 53.9 Å². The second-order valence-corrected chi connectivity index (χ2v) is 10.2. The second-order valence-electron chi connectivity index (χ2n) is 6.77. The molecular weight excluding hydrogens is 433 g/mol. The van der Waals surface area contributed by atoms with Crippen molar-refractivity contribution in [1.82, 2.24) is 5.32 Å². The molecule has 0 fully saturated rings. The number of carboxylic acids is 2. The number of hydrogen-bond donors (Lipinski definition) is 4. The zero-order chi connectivity index (χ0) is 22.3. The first kappa shape index (κ1) is 23.6. The number of hydrogen-bond acceptors (Lipinski definition) is 6. The third-order valence-electron chi connectivity index (χ3n) is 4.51. The van der Waals surface area contributed by atoms with Crippen molar-refractivity contribution in [2.24, 2.45) is 5.92 Å². The van der Waals surface area contributed by atoms with Gasteiger partial charge in [0.1, 0.15) is 5.78 Å². The topological polar surface area (TPSA) is 158 Å². The van der Waals surface area contributed by atoms with Crippen molar-refractivity contribution < 1.29 is 37.7 Å². The number of nitrogens with one attached hydrogen (secondary N) is 1. The average Bonchev–Trinajstić information content (AvgIpc) is 2.69. The second kappa shape index (κ2) is 10.4. The number of carbonyl (C=O) groups is 2. The molecule has 11 heteroatoms. The molecule has 0 aromatic heterocycles. The van der Waals surface area contributed by atoms with Crippen molar-refractivity contribution in [2.45, 2.75) is 25.0 Å². The molecule has 0 heterocycles. The maximum atomic E-state index is 13.3. The number of rotatable bonds is 10. The van der Waals surface area contributed by atoms with Crippen LogP contribution in [-0.4, -0.2) is 46.5 Å². The van der Waals surface area contributed by atoms with E-state index in [1.54, 1.807) is 42.5 Å². The van der Waals surface area contributed by atoms with Gasteiger partial charge in [0.25, 0.3) is 0 Å². The van der Waals surface area contributed by atoms with Crippen LogP contribution in [0.3, 0.4) is 0 Å². The van der Waals surface area contributed by atoms with E-state index in [9.17, 15) is 32.6 Å². The molecule has 1 aromatic carbocycles. The van der Waals surface area contributed by atoms with E-state index in [1.165, 1.54) is 6.08 Å². The fraction of sp³-hybridized carbons (Fsp3) is 0.316. The molecule has 4 N–H and O–H groups in total. The van der Waals surface area contributed by atoms with Crippen molar-refractivity contribution in [2.75, 3.05) is 6.16 Å². The minimum atomic E-state index is -4.23. The molecule has 0 aliphatic heterocycles. The molecule has 1 aromatic rings. The first-order valence-corrected chi connectivity index (χ1v) is 12.0. The lowest BCUT2D eigenvalue weighted by atomic mass is 10.1. The van der Waals surface area contributed by atoms with Gasteiger partial charge < -0.3 is 20.4 Å². The Morgan fingerprint density at radius 2 is 1.83 bits per heavy atom. The quantitative estimate of drug-likeness (QED) is 0.306. The molecule has 0 amide bonds. The van der Waals surface area contributed by atoms with Crippen LogP contribution in [0.15, 0.2) is 54.3 Å². The Bertz CT molecular complexity index is 1040. The first-order chi connectivity index (χ1) is 14.1. The summed E-state index contributed by atoms with van der Waals surface area (Å²) in [5.41, 5.74) is 0.705. The average molecular weight is 455 g/mol. The van der Waals surface area contributed by atoms with Crippen LogP contribution in [0.2, 0.25) is 0 Å². The molecule has 9 nitrogen and oxygen atoms in total. The summed E-state index contributed by atoms with van der Waals surface area (Å²) in [4.78, 5) is 33.2. The van der Waals surface area contributed by atoms with Crippen molar-refractivity contribution in [3.8, 4) is 0 Å². The van der Waals surface area contributed by atoms with Crippen LogP contribution in [0.1, 0.15) is 30.6 Å². The van der Waals surface area contributed by atoms with E-state index in [-0.39, 0.29) is 17.7 Å². The lowest BCUT2D eigenvalue weighted by Crippen LogP contribution is -2.27. The fourth-order valence-electron chi connectivity index (χ4n) is 3.01. The van der Waals surface area contributed by atoms with Crippen LogP contribution in [0.25, 0.3) is 0 Å². The highest BCUT2D eigenvalue weighted by atomic mass is 32.2. The van der Waals surface area contributed by atoms with Gasteiger partial charge in [-0.25, -0.2) is 0 Å². The standard InChI is InChI=1S/C19H22NO8PS/c21-17(22)10-9-14(19(23)24)12-29(25,26)18(13-5-2-1-3-6-13)20-15-7-4-8-16(11-15)30(27)28/h1-7,11,14,18,20H,8-10,12H2,(H,21,22)(H,23,24)(H,25,26). The van der Waals surface area contributed by atoms with Gasteiger partial charge in [-0.05, 0) is 24.1 Å². The molecule has 0 saturated carbocycles. The predicted molar refractivity (Wildman–Crippen MR) is 111 cm³/mol. The van der Waals surface area contributed by atoms with Crippen LogP contribution < -0.4 is 5.32 Å². The van der Waals surface area contributed by atoms with Crippen LogP contribution in [-0.2, 0) is 24.4 Å². The van der Waals surface area contributed by atoms with E-state index >= 15 is 0 Å². The van der Waals surface area contributed by atoms with Crippen LogP contribution in [0.5, 0.6) is 0 Å². The third kappa shape index (κ3) is 6.69. The Hall–Kier alpha value is -2.68. The van der Waals surface area contributed by atoms with Crippen molar-refractivity contribution in [3.63, 3.8) is 0 Å². The Morgan fingerprint density at radius 1 is 1.17 bits per heavy atom. The first-order valence-electron chi connectivity index (χ1n) is 9.01. The van der Waals surface area contributed by atoms with Crippen molar-refractivity contribution in [1.29, 1.82) is 0 Å². The normalized spacial score (nSPS) is 17.4. The van der Waals surface area contributed by atoms with Gasteiger partial charge in [0.15, 0.2) is 0 Å². The van der Waals surface area contributed by atoms with Gasteiger partial charge >= 0.3 is 11.9 Å². The highest BCUT2D eigenvalue weighted by Crippen LogP contribution is 2.56. The summed E-state index contributed by atoms with van der Waals surface area (Å²) in [7, 11) is -6.67. The summed E-state index contributed by atoms with van der Waals surface area (Å²) in [6.45, 7) is 0.